The fourth-order valence-corrected chi connectivity index (χ4v) is 2.44. The molecule has 1 unspecified atom stereocenters. The number of rotatable bonds is 2. The summed E-state index contributed by atoms with van der Waals surface area (Å²) in [7, 11) is 0. The summed E-state index contributed by atoms with van der Waals surface area (Å²) in [4.78, 5) is 4.04. The minimum Gasteiger partial charge on any atom is -0.384 e. The summed E-state index contributed by atoms with van der Waals surface area (Å²) >= 11 is 5.73. The number of aliphatic hydroxyl groups is 1. The fourth-order valence-electron chi connectivity index (χ4n) is 2.28. The molecule has 0 aliphatic heterocycles. The summed E-state index contributed by atoms with van der Waals surface area (Å²) in [6.07, 6.45) is 2.32. The Morgan fingerprint density at radius 3 is 2.75 bits per heavy atom. The lowest BCUT2D eigenvalue weighted by atomic mass is 9.96. The van der Waals surface area contributed by atoms with Gasteiger partial charge in [-0.05, 0) is 29.1 Å². The van der Waals surface area contributed by atoms with E-state index in [4.69, 9.17) is 11.6 Å². The Kier molecular flexibility index (Phi) is 3.38. The number of nitrogens with zero attached hydrogens (tertiary/aromatic N) is 1. The van der Waals surface area contributed by atoms with Gasteiger partial charge in [-0.25, -0.2) is 4.39 Å². The van der Waals surface area contributed by atoms with E-state index < -0.39 is 11.9 Å². The molecule has 0 saturated carbocycles. The molecule has 0 saturated heterocycles. The van der Waals surface area contributed by atoms with E-state index in [0.29, 0.717) is 10.6 Å². The second kappa shape index (κ2) is 5.19. The number of hydrogen-bond acceptors (Lipinski definition) is 2. The first-order chi connectivity index (χ1) is 9.66. The summed E-state index contributed by atoms with van der Waals surface area (Å²) in [5, 5.41) is 12.5. The van der Waals surface area contributed by atoms with Crippen LogP contribution < -0.4 is 0 Å². The van der Waals surface area contributed by atoms with E-state index in [9.17, 15) is 9.50 Å². The van der Waals surface area contributed by atoms with Gasteiger partial charge in [0.05, 0.1) is 0 Å². The van der Waals surface area contributed by atoms with Crippen molar-refractivity contribution in [3.05, 3.63) is 76.8 Å². The molecule has 0 aliphatic rings. The molecule has 0 amide bonds. The van der Waals surface area contributed by atoms with Gasteiger partial charge in [-0.15, -0.1) is 0 Å². The zero-order valence-electron chi connectivity index (χ0n) is 10.4. The fraction of sp³-hybridized carbons (Fsp3) is 0.0625. The minimum atomic E-state index is -1.04. The first-order valence-corrected chi connectivity index (χ1v) is 6.50. The SMILES string of the molecule is OC(c1ccc(Cl)cc1F)c1cccc2cnccc12. The molecule has 0 fully saturated rings. The van der Waals surface area contributed by atoms with E-state index in [2.05, 4.69) is 4.98 Å². The normalized spacial score (nSPS) is 12.6. The van der Waals surface area contributed by atoms with Crippen LogP contribution >= 0.6 is 11.6 Å². The van der Waals surface area contributed by atoms with E-state index >= 15 is 0 Å². The van der Waals surface area contributed by atoms with Gasteiger partial charge in [0.15, 0.2) is 0 Å². The predicted molar refractivity (Wildman–Crippen MR) is 77.2 cm³/mol. The number of aliphatic hydroxyl groups excluding tert-OH is 1. The molecule has 0 bridgehead atoms. The topological polar surface area (TPSA) is 33.1 Å². The largest absolute Gasteiger partial charge is 0.384 e. The highest BCUT2D eigenvalue weighted by atomic mass is 35.5. The molecule has 0 aliphatic carbocycles. The van der Waals surface area contributed by atoms with E-state index in [-0.39, 0.29) is 5.56 Å². The molecule has 3 aromatic rings. The van der Waals surface area contributed by atoms with E-state index in [1.807, 2.05) is 18.2 Å². The van der Waals surface area contributed by atoms with Crippen LogP contribution in [0.2, 0.25) is 5.02 Å². The van der Waals surface area contributed by atoms with Gasteiger partial charge >= 0.3 is 0 Å². The summed E-state index contributed by atoms with van der Waals surface area (Å²) in [5.41, 5.74) is 0.852. The van der Waals surface area contributed by atoms with E-state index in [1.54, 1.807) is 24.5 Å². The highest BCUT2D eigenvalue weighted by Gasteiger charge is 2.17. The number of pyridine rings is 1. The maximum atomic E-state index is 13.9. The summed E-state index contributed by atoms with van der Waals surface area (Å²) in [6.45, 7) is 0. The molecule has 1 heterocycles. The summed E-state index contributed by atoms with van der Waals surface area (Å²) in [5.74, 6) is -0.518. The Morgan fingerprint density at radius 1 is 1.10 bits per heavy atom. The first-order valence-electron chi connectivity index (χ1n) is 6.12. The Bertz CT molecular complexity index is 770. The lowest BCUT2D eigenvalue weighted by molar-refractivity contribution is 0.216. The van der Waals surface area contributed by atoms with Gasteiger partial charge in [0, 0.05) is 28.4 Å². The van der Waals surface area contributed by atoms with Crippen molar-refractivity contribution in [2.45, 2.75) is 6.10 Å². The Labute approximate surface area is 120 Å². The van der Waals surface area contributed by atoms with Crippen LogP contribution in [0.25, 0.3) is 10.8 Å². The van der Waals surface area contributed by atoms with Crippen LogP contribution in [0.3, 0.4) is 0 Å². The maximum Gasteiger partial charge on any atom is 0.130 e. The number of fused-ring (bicyclic) bond motifs is 1. The molecule has 1 N–H and O–H groups in total. The van der Waals surface area contributed by atoms with Crippen LogP contribution in [0.1, 0.15) is 17.2 Å². The van der Waals surface area contributed by atoms with Crippen molar-refractivity contribution in [2.75, 3.05) is 0 Å². The molecule has 2 aromatic carbocycles. The zero-order chi connectivity index (χ0) is 14.1. The van der Waals surface area contributed by atoms with Crippen molar-refractivity contribution in [1.82, 2.24) is 4.98 Å². The van der Waals surface area contributed by atoms with Crippen molar-refractivity contribution < 1.29 is 9.50 Å². The third kappa shape index (κ3) is 2.26. The van der Waals surface area contributed by atoms with Crippen LogP contribution in [0.15, 0.2) is 54.9 Å². The summed E-state index contributed by atoms with van der Waals surface area (Å²) < 4.78 is 13.9. The van der Waals surface area contributed by atoms with Gasteiger partial charge in [0.1, 0.15) is 11.9 Å². The van der Waals surface area contributed by atoms with Gasteiger partial charge in [0.2, 0.25) is 0 Å². The number of hydrogen-bond donors (Lipinski definition) is 1. The van der Waals surface area contributed by atoms with Crippen molar-refractivity contribution in [1.29, 1.82) is 0 Å². The highest BCUT2D eigenvalue weighted by molar-refractivity contribution is 6.30. The average Bonchev–Trinajstić information content (AvgIpc) is 2.46. The third-order valence-corrected chi connectivity index (χ3v) is 3.50. The van der Waals surface area contributed by atoms with Crippen LogP contribution in [0, 0.1) is 5.82 Å². The van der Waals surface area contributed by atoms with E-state index in [1.165, 1.54) is 12.1 Å². The maximum absolute atomic E-state index is 13.9. The Morgan fingerprint density at radius 2 is 1.95 bits per heavy atom. The van der Waals surface area contributed by atoms with Crippen molar-refractivity contribution in [2.24, 2.45) is 0 Å². The van der Waals surface area contributed by atoms with Crippen molar-refractivity contribution >= 4 is 22.4 Å². The quantitative estimate of drug-likeness (QED) is 0.769. The Balaban J connectivity index is 2.15. The minimum absolute atomic E-state index is 0.207. The molecule has 4 heteroatoms. The van der Waals surface area contributed by atoms with E-state index in [0.717, 1.165) is 10.8 Å². The second-order valence-corrected chi connectivity index (χ2v) is 4.95. The molecule has 2 nitrogen and oxygen atoms in total. The van der Waals surface area contributed by atoms with Gasteiger partial charge in [-0.3, -0.25) is 4.98 Å². The third-order valence-electron chi connectivity index (χ3n) is 3.27. The molecule has 0 radical (unpaired) electrons. The highest BCUT2D eigenvalue weighted by Crippen LogP contribution is 2.30. The molecule has 1 aromatic heterocycles. The molecule has 1 atom stereocenters. The van der Waals surface area contributed by atoms with Crippen molar-refractivity contribution in [3.8, 4) is 0 Å². The average molecular weight is 288 g/mol. The number of halogens is 2. The van der Waals surface area contributed by atoms with Crippen LogP contribution in [-0.2, 0) is 0 Å². The van der Waals surface area contributed by atoms with Gasteiger partial charge in [-0.2, -0.15) is 0 Å². The molecular formula is C16H11ClFNO. The van der Waals surface area contributed by atoms with Crippen LogP contribution in [0.4, 0.5) is 4.39 Å². The smallest absolute Gasteiger partial charge is 0.130 e. The van der Waals surface area contributed by atoms with Gasteiger partial charge in [0.25, 0.3) is 0 Å². The van der Waals surface area contributed by atoms with Gasteiger partial charge < -0.3 is 5.11 Å². The molecule has 3 rings (SSSR count). The number of benzene rings is 2. The molecule has 100 valence electrons. The lowest BCUT2D eigenvalue weighted by Crippen LogP contribution is -2.03. The summed E-state index contributed by atoms with van der Waals surface area (Å²) in [6, 6.07) is 11.6. The predicted octanol–water partition coefficient (Wildman–Crippen LogP) is 4.11. The Hall–Kier alpha value is -1.97. The standard InChI is InChI=1S/C16H11ClFNO/c17-11-4-5-14(15(18)8-11)16(20)13-3-1-2-10-9-19-7-6-12(10)13/h1-9,16,20H. The lowest BCUT2D eigenvalue weighted by Gasteiger charge is -2.15. The zero-order valence-corrected chi connectivity index (χ0v) is 11.2. The molecular weight excluding hydrogens is 277 g/mol. The molecule has 0 spiro atoms. The number of aromatic nitrogens is 1. The molecule has 20 heavy (non-hydrogen) atoms. The van der Waals surface area contributed by atoms with Gasteiger partial charge in [-0.1, -0.05) is 35.9 Å². The monoisotopic (exact) mass is 287 g/mol. The second-order valence-electron chi connectivity index (χ2n) is 4.51. The van der Waals surface area contributed by atoms with Crippen molar-refractivity contribution in [3.63, 3.8) is 0 Å². The first kappa shape index (κ1) is 13.0. The van der Waals surface area contributed by atoms with Crippen LogP contribution in [0.5, 0.6) is 0 Å². The van der Waals surface area contributed by atoms with Crippen LogP contribution in [-0.4, -0.2) is 10.1 Å².